The lowest BCUT2D eigenvalue weighted by Crippen LogP contribution is -1.90. The highest BCUT2D eigenvalue weighted by atomic mass is 16.3. The van der Waals surface area contributed by atoms with E-state index in [1.807, 2.05) is 37.6 Å². The fourth-order valence-electron chi connectivity index (χ4n) is 2.63. The minimum absolute atomic E-state index is 0.275. The minimum Gasteiger partial charge on any atom is -0.505 e. The first-order chi connectivity index (χ1) is 10.5. The van der Waals surface area contributed by atoms with Crippen LogP contribution in [0.3, 0.4) is 0 Å². The maximum atomic E-state index is 10.4. The maximum absolute atomic E-state index is 10.4. The van der Waals surface area contributed by atoms with E-state index in [0.717, 1.165) is 22.6 Å². The van der Waals surface area contributed by atoms with Gasteiger partial charge in [-0.1, -0.05) is 33.8 Å². The molecule has 3 rings (SSSR count). The molecule has 4 heteroatoms. The summed E-state index contributed by atoms with van der Waals surface area (Å²) in [6, 6.07) is 6.02. The fraction of sp³-hybridized carbons (Fsp3) is 0.389. The molecule has 0 radical (unpaired) electrons. The van der Waals surface area contributed by atoms with Gasteiger partial charge in [0.05, 0.1) is 11.2 Å². The van der Waals surface area contributed by atoms with Gasteiger partial charge in [-0.3, -0.25) is 0 Å². The van der Waals surface area contributed by atoms with Crippen molar-refractivity contribution in [2.45, 2.75) is 40.5 Å². The van der Waals surface area contributed by atoms with E-state index in [2.05, 4.69) is 43.0 Å². The third kappa shape index (κ3) is 2.73. The quantitative estimate of drug-likeness (QED) is 0.718. The van der Waals surface area contributed by atoms with Gasteiger partial charge in [-0.25, -0.2) is 4.98 Å². The number of aromatic nitrogens is 3. The number of aryl methyl sites for hydroxylation is 2. The van der Waals surface area contributed by atoms with Crippen molar-refractivity contribution >= 4 is 11.0 Å². The van der Waals surface area contributed by atoms with Gasteiger partial charge in [0.2, 0.25) is 0 Å². The zero-order valence-corrected chi connectivity index (χ0v) is 14.2. The standard InChI is InChI=1S/C16H19N3O.C2H6/c1-9(2)11-5-6-12-14(15(11)20)18-16(17-12)13-7-10(3)8-19(13)4;1-2/h5-9,20H,1-4H3,(H,17,18);1-2H3. The largest absolute Gasteiger partial charge is 0.505 e. The molecule has 4 nitrogen and oxygen atoms in total. The predicted molar refractivity (Wildman–Crippen MR) is 92.3 cm³/mol. The number of aromatic hydroxyl groups is 1. The predicted octanol–water partition coefficient (Wildman–Crippen LogP) is 4.73. The Morgan fingerprint density at radius 1 is 1.23 bits per heavy atom. The SMILES string of the molecule is CC.Cc1cc(-c2nc3c(O)c(C(C)C)ccc3[nH]2)n(C)c1. The van der Waals surface area contributed by atoms with E-state index in [1.165, 1.54) is 5.56 Å². The summed E-state index contributed by atoms with van der Waals surface area (Å²) in [5.74, 6) is 1.34. The Labute approximate surface area is 131 Å². The van der Waals surface area contributed by atoms with Crippen LogP contribution in [0.4, 0.5) is 0 Å². The molecule has 118 valence electrons. The van der Waals surface area contributed by atoms with Crippen molar-refractivity contribution in [3.05, 3.63) is 35.5 Å². The van der Waals surface area contributed by atoms with Crippen LogP contribution in [0.1, 0.15) is 44.7 Å². The molecule has 0 saturated heterocycles. The molecule has 2 heterocycles. The second kappa shape index (κ2) is 6.26. The monoisotopic (exact) mass is 299 g/mol. The van der Waals surface area contributed by atoms with Crippen molar-refractivity contribution in [1.82, 2.24) is 14.5 Å². The number of hydrogen-bond donors (Lipinski definition) is 2. The van der Waals surface area contributed by atoms with E-state index in [9.17, 15) is 5.11 Å². The summed E-state index contributed by atoms with van der Waals surface area (Å²) < 4.78 is 2.04. The van der Waals surface area contributed by atoms with E-state index >= 15 is 0 Å². The topological polar surface area (TPSA) is 53.8 Å². The van der Waals surface area contributed by atoms with Crippen LogP contribution in [0.25, 0.3) is 22.6 Å². The second-order valence-corrected chi connectivity index (χ2v) is 5.65. The number of nitrogens with zero attached hydrogens (tertiary/aromatic N) is 2. The van der Waals surface area contributed by atoms with Gasteiger partial charge in [0.15, 0.2) is 5.82 Å². The molecule has 0 aliphatic heterocycles. The van der Waals surface area contributed by atoms with Crippen LogP contribution in [0.15, 0.2) is 24.4 Å². The molecule has 0 fully saturated rings. The molecule has 0 unspecified atom stereocenters. The zero-order valence-electron chi connectivity index (χ0n) is 14.2. The summed E-state index contributed by atoms with van der Waals surface area (Å²) in [7, 11) is 1.99. The normalized spacial score (nSPS) is 10.9. The molecule has 2 N–H and O–H groups in total. The molecule has 1 aromatic carbocycles. The average molecular weight is 299 g/mol. The van der Waals surface area contributed by atoms with Gasteiger partial charge < -0.3 is 14.7 Å². The van der Waals surface area contributed by atoms with Gasteiger partial charge >= 0.3 is 0 Å². The summed E-state index contributed by atoms with van der Waals surface area (Å²) in [4.78, 5) is 7.85. The number of nitrogens with one attached hydrogen (secondary N) is 1. The van der Waals surface area contributed by atoms with Crippen LogP contribution in [0.2, 0.25) is 0 Å². The molecule has 0 saturated carbocycles. The van der Waals surface area contributed by atoms with Crippen LogP contribution in [0, 0.1) is 6.92 Å². The lowest BCUT2D eigenvalue weighted by molar-refractivity contribution is 0.470. The number of rotatable bonds is 2. The number of fused-ring (bicyclic) bond motifs is 1. The number of aromatic amines is 1. The summed E-state index contributed by atoms with van der Waals surface area (Å²) in [6.45, 7) is 10.2. The lowest BCUT2D eigenvalue weighted by Gasteiger charge is -2.07. The van der Waals surface area contributed by atoms with E-state index in [4.69, 9.17) is 0 Å². The maximum Gasteiger partial charge on any atom is 0.155 e. The zero-order chi connectivity index (χ0) is 16.4. The van der Waals surface area contributed by atoms with Crippen molar-refractivity contribution in [2.24, 2.45) is 7.05 Å². The van der Waals surface area contributed by atoms with Gasteiger partial charge in [0, 0.05) is 13.2 Å². The summed E-state index contributed by atoms with van der Waals surface area (Å²) in [6.07, 6.45) is 2.06. The molecule has 0 spiro atoms. The number of phenolic OH excluding ortho intramolecular Hbond substituents is 1. The highest BCUT2D eigenvalue weighted by molar-refractivity contribution is 5.85. The first-order valence-corrected chi connectivity index (χ1v) is 7.82. The van der Waals surface area contributed by atoms with Crippen molar-refractivity contribution in [3.8, 4) is 17.3 Å². The van der Waals surface area contributed by atoms with Crippen molar-refractivity contribution in [3.63, 3.8) is 0 Å². The molecule has 3 aromatic rings. The van der Waals surface area contributed by atoms with Crippen molar-refractivity contribution in [1.29, 1.82) is 0 Å². The first-order valence-electron chi connectivity index (χ1n) is 7.82. The number of H-pyrrole nitrogens is 1. The molecule has 0 amide bonds. The van der Waals surface area contributed by atoms with Crippen LogP contribution in [-0.2, 0) is 7.05 Å². The van der Waals surface area contributed by atoms with Crippen LogP contribution in [0.5, 0.6) is 5.75 Å². The molecular weight excluding hydrogens is 274 g/mol. The third-order valence-electron chi connectivity index (χ3n) is 3.67. The van der Waals surface area contributed by atoms with Gasteiger partial charge in [0.1, 0.15) is 11.3 Å². The molecule has 2 aromatic heterocycles. The average Bonchev–Trinajstić information content (AvgIpc) is 3.04. The van der Waals surface area contributed by atoms with Crippen molar-refractivity contribution < 1.29 is 5.11 Å². The van der Waals surface area contributed by atoms with E-state index in [-0.39, 0.29) is 11.7 Å². The van der Waals surface area contributed by atoms with Crippen LogP contribution < -0.4 is 0 Å². The van der Waals surface area contributed by atoms with Crippen LogP contribution in [-0.4, -0.2) is 19.6 Å². The van der Waals surface area contributed by atoms with Crippen molar-refractivity contribution in [2.75, 3.05) is 0 Å². The number of hydrogen-bond acceptors (Lipinski definition) is 2. The Balaban J connectivity index is 0.000000847. The smallest absolute Gasteiger partial charge is 0.155 e. The minimum atomic E-state index is 0.275. The van der Waals surface area contributed by atoms with E-state index in [0.29, 0.717) is 5.52 Å². The Bertz CT molecular complexity index is 781. The molecular formula is C18H25N3O. The highest BCUT2D eigenvalue weighted by Gasteiger charge is 2.15. The number of benzene rings is 1. The Hall–Kier alpha value is -2.23. The summed E-state index contributed by atoms with van der Waals surface area (Å²) in [5, 5.41) is 10.4. The van der Waals surface area contributed by atoms with Gasteiger partial charge in [-0.2, -0.15) is 0 Å². The third-order valence-corrected chi connectivity index (χ3v) is 3.67. The Morgan fingerprint density at radius 2 is 1.91 bits per heavy atom. The Morgan fingerprint density at radius 3 is 2.45 bits per heavy atom. The summed E-state index contributed by atoms with van der Waals surface area (Å²) >= 11 is 0. The van der Waals surface area contributed by atoms with Gasteiger partial charge in [0.25, 0.3) is 0 Å². The number of phenols is 1. The van der Waals surface area contributed by atoms with Crippen LogP contribution >= 0.6 is 0 Å². The van der Waals surface area contributed by atoms with Gasteiger partial charge in [-0.05, 0) is 36.1 Å². The van der Waals surface area contributed by atoms with Gasteiger partial charge in [-0.15, -0.1) is 0 Å². The van der Waals surface area contributed by atoms with E-state index in [1.54, 1.807) is 0 Å². The molecule has 0 bridgehead atoms. The fourth-order valence-corrected chi connectivity index (χ4v) is 2.63. The lowest BCUT2D eigenvalue weighted by atomic mass is 10.0. The molecule has 0 aliphatic carbocycles. The molecule has 22 heavy (non-hydrogen) atoms. The summed E-state index contributed by atoms with van der Waals surface area (Å²) in [5.41, 5.74) is 4.64. The van der Waals surface area contributed by atoms with E-state index < -0.39 is 0 Å². The first kappa shape index (κ1) is 16.1. The molecule has 0 aliphatic rings. The highest BCUT2D eigenvalue weighted by Crippen LogP contribution is 2.33. The molecule has 0 atom stereocenters. The number of imidazole rings is 1. The second-order valence-electron chi connectivity index (χ2n) is 5.65. The Kier molecular flexibility index (Phi) is 4.59.